The van der Waals surface area contributed by atoms with E-state index in [1.54, 1.807) is 27.7 Å². The molecule has 0 aliphatic heterocycles. The van der Waals surface area contributed by atoms with Crippen LogP contribution >= 0.6 is 0 Å². The molecule has 0 saturated carbocycles. The van der Waals surface area contributed by atoms with Crippen LogP contribution in [0.15, 0.2) is 0 Å². The van der Waals surface area contributed by atoms with E-state index in [2.05, 4.69) is 5.32 Å². The van der Waals surface area contributed by atoms with Gasteiger partial charge in [-0.1, -0.05) is 0 Å². The van der Waals surface area contributed by atoms with Crippen LogP contribution in [0.5, 0.6) is 0 Å². The van der Waals surface area contributed by atoms with Gasteiger partial charge in [-0.05, 0) is 27.7 Å². The molecule has 3 nitrogen and oxygen atoms in total. The van der Waals surface area contributed by atoms with Crippen molar-refractivity contribution in [3.63, 3.8) is 0 Å². The number of hydrogen-bond acceptors (Lipinski definition) is 3. The zero-order valence-corrected chi connectivity index (χ0v) is 6.39. The first-order chi connectivity index (χ1) is 3.71. The van der Waals surface area contributed by atoms with Crippen LogP contribution in [0.2, 0.25) is 0 Å². The van der Waals surface area contributed by atoms with E-state index in [9.17, 15) is 0 Å². The molecule has 0 atom stereocenters. The van der Waals surface area contributed by atoms with Gasteiger partial charge in [-0.2, -0.15) is 0 Å². The van der Waals surface area contributed by atoms with Gasteiger partial charge in [-0.25, -0.2) is 0 Å². The fraction of sp³-hybridized carbons (Fsp3) is 1.00. The van der Waals surface area contributed by atoms with E-state index in [0.29, 0.717) is 0 Å². The Labute approximate surface area is 74.0 Å². The van der Waals surface area contributed by atoms with E-state index in [1.807, 2.05) is 0 Å². The molecule has 0 amide bonds. The van der Waals surface area contributed by atoms with Gasteiger partial charge in [-0.15, -0.1) is 0 Å². The predicted molar refractivity (Wildman–Crippen MR) is 42.9 cm³/mol. The van der Waals surface area contributed by atoms with Crippen LogP contribution in [0, 0.1) is 0 Å². The molecule has 0 aliphatic rings. The summed E-state index contributed by atoms with van der Waals surface area (Å²) in [4.78, 5) is 0. The molecule has 4 heteroatoms. The Morgan fingerprint density at radius 3 is 1.10 bits per heavy atom. The molecule has 0 rings (SSSR count). The molecular formula is C6H16LiNO2. The summed E-state index contributed by atoms with van der Waals surface area (Å²) in [6, 6.07) is 0. The van der Waals surface area contributed by atoms with Crippen LogP contribution in [0.4, 0.5) is 0 Å². The van der Waals surface area contributed by atoms with Crippen molar-refractivity contribution in [2.45, 2.75) is 39.1 Å². The average molecular weight is 141 g/mol. The zero-order valence-electron chi connectivity index (χ0n) is 6.39. The Morgan fingerprint density at radius 1 is 0.900 bits per heavy atom. The summed E-state index contributed by atoms with van der Waals surface area (Å²) in [7, 11) is 0. The summed E-state index contributed by atoms with van der Waals surface area (Å²) < 4.78 is 0. The molecule has 0 saturated heterocycles. The molecule has 3 N–H and O–H groups in total. The summed E-state index contributed by atoms with van der Waals surface area (Å²) in [6.45, 7) is 6.30. The summed E-state index contributed by atoms with van der Waals surface area (Å²) in [5, 5.41) is 20.7. The topological polar surface area (TPSA) is 52.5 Å². The van der Waals surface area contributed by atoms with E-state index in [-0.39, 0.29) is 18.9 Å². The first-order valence-electron chi connectivity index (χ1n) is 2.95. The first kappa shape index (κ1) is 13.1. The Hall–Kier alpha value is 0.477. The van der Waals surface area contributed by atoms with E-state index >= 15 is 0 Å². The van der Waals surface area contributed by atoms with Crippen molar-refractivity contribution < 1.29 is 10.2 Å². The molecule has 0 radical (unpaired) electrons. The monoisotopic (exact) mass is 141 g/mol. The van der Waals surface area contributed by atoms with Crippen LogP contribution in [0.3, 0.4) is 0 Å². The van der Waals surface area contributed by atoms with Crippen molar-refractivity contribution in [3.05, 3.63) is 0 Å². The fourth-order valence-corrected chi connectivity index (χ4v) is 0.749. The van der Waals surface area contributed by atoms with E-state index in [4.69, 9.17) is 10.2 Å². The third-order valence-electron chi connectivity index (χ3n) is 0.612. The predicted octanol–water partition coefficient (Wildman–Crippen LogP) is -0.616. The Morgan fingerprint density at radius 2 is 1.10 bits per heavy atom. The Balaban J connectivity index is 0. The van der Waals surface area contributed by atoms with Crippen molar-refractivity contribution in [1.82, 2.24) is 5.32 Å². The molecule has 0 aromatic heterocycles. The van der Waals surface area contributed by atoms with Gasteiger partial charge in [0.05, 0.1) is 0 Å². The van der Waals surface area contributed by atoms with E-state index in [1.165, 1.54) is 0 Å². The molecule has 0 unspecified atom stereocenters. The molecule has 10 heavy (non-hydrogen) atoms. The second-order valence-electron chi connectivity index (χ2n) is 3.24. The fourth-order valence-electron chi connectivity index (χ4n) is 0.749. The van der Waals surface area contributed by atoms with Gasteiger partial charge >= 0.3 is 18.9 Å². The molecule has 58 valence electrons. The number of hydrogen-bond donors (Lipinski definition) is 3. The zero-order chi connectivity index (χ0) is 7.71. The van der Waals surface area contributed by atoms with Gasteiger partial charge in [-0.3, -0.25) is 5.32 Å². The number of rotatable bonds is 2. The third-order valence-corrected chi connectivity index (χ3v) is 0.612. The molecule has 0 bridgehead atoms. The van der Waals surface area contributed by atoms with Crippen LogP contribution in [-0.4, -0.2) is 40.5 Å². The van der Waals surface area contributed by atoms with Crippen molar-refractivity contribution in [1.29, 1.82) is 0 Å². The molecule has 0 aromatic rings. The van der Waals surface area contributed by atoms with E-state index in [0.717, 1.165) is 0 Å². The van der Waals surface area contributed by atoms with Crippen LogP contribution in [0.25, 0.3) is 0 Å². The molecule has 0 aliphatic carbocycles. The van der Waals surface area contributed by atoms with Gasteiger partial charge in [0.1, 0.15) is 11.4 Å². The second-order valence-corrected chi connectivity index (χ2v) is 3.24. The molecule has 0 aromatic carbocycles. The Bertz CT molecular complexity index is 80.9. The van der Waals surface area contributed by atoms with Crippen molar-refractivity contribution in [3.8, 4) is 0 Å². The van der Waals surface area contributed by atoms with Crippen LogP contribution < -0.4 is 5.32 Å². The molecule has 0 spiro atoms. The quantitative estimate of drug-likeness (QED) is 0.355. The number of nitrogens with one attached hydrogen (secondary N) is 1. The second kappa shape index (κ2) is 3.75. The van der Waals surface area contributed by atoms with E-state index < -0.39 is 11.4 Å². The SMILES string of the molecule is CC(C)(O)NC(C)(C)O.[LiH]. The van der Waals surface area contributed by atoms with Gasteiger partial charge < -0.3 is 10.2 Å². The third kappa shape index (κ3) is 11.3. The van der Waals surface area contributed by atoms with Crippen LogP contribution in [0.1, 0.15) is 27.7 Å². The summed E-state index contributed by atoms with van der Waals surface area (Å²) in [6.07, 6.45) is 0. The minimum atomic E-state index is -1.02. The van der Waals surface area contributed by atoms with Gasteiger partial charge in [0.25, 0.3) is 0 Å². The first-order valence-corrected chi connectivity index (χ1v) is 2.95. The van der Waals surface area contributed by atoms with Crippen molar-refractivity contribution in [2.24, 2.45) is 0 Å². The molecular weight excluding hydrogens is 125 g/mol. The summed E-state index contributed by atoms with van der Waals surface area (Å²) in [5.74, 6) is 0. The summed E-state index contributed by atoms with van der Waals surface area (Å²) in [5.41, 5.74) is -2.03. The van der Waals surface area contributed by atoms with Gasteiger partial charge in [0, 0.05) is 0 Å². The summed E-state index contributed by atoms with van der Waals surface area (Å²) >= 11 is 0. The van der Waals surface area contributed by atoms with Gasteiger partial charge in [0.2, 0.25) is 0 Å². The molecule has 0 fully saturated rings. The average Bonchev–Trinajstić information content (AvgIpc) is 1.14. The number of aliphatic hydroxyl groups is 2. The molecule has 0 heterocycles. The van der Waals surface area contributed by atoms with Crippen LogP contribution in [-0.2, 0) is 0 Å². The van der Waals surface area contributed by atoms with Crippen molar-refractivity contribution in [2.75, 3.05) is 0 Å². The Kier molecular flexibility index (Phi) is 4.91. The standard InChI is InChI=1S/C6H15NO2.Li.H/c1-5(2,8)7-6(3,4)9;;/h7-9H,1-4H3;;. The van der Waals surface area contributed by atoms with Gasteiger partial charge in [0.15, 0.2) is 0 Å². The minimum absolute atomic E-state index is 0. The normalized spacial score (nSPS) is 12.6. The maximum atomic E-state index is 9.08. The van der Waals surface area contributed by atoms with Crippen molar-refractivity contribution >= 4 is 18.9 Å². The maximum absolute atomic E-state index is 9.08.